The Morgan fingerprint density at radius 3 is 2.72 bits per heavy atom. The van der Waals surface area contributed by atoms with Crippen molar-refractivity contribution in [3.05, 3.63) is 89.5 Å². The highest BCUT2D eigenvalue weighted by Crippen LogP contribution is 2.33. The highest BCUT2D eigenvalue weighted by atomic mass is 32.1. The predicted molar refractivity (Wildman–Crippen MR) is 123 cm³/mol. The largest absolute Gasteiger partial charge is 0.497 e. The number of nitrogens with zero attached hydrogens (tertiary/aromatic N) is 2. The molecule has 1 aliphatic heterocycles. The van der Waals surface area contributed by atoms with Crippen LogP contribution in [0.2, 0.25) is 0 Å². The first kappa shape index (κ1) is 20.2. The van der Waals surface area contributed by atoms with Gasteiger partial charge >= 0.3 is 5.97 Å². The maximum atomic E-state index is 13.6. The van der Waals surface area contributed by atoms with E-state index in [0.29, 0.717) is 23.7 Å². The minimum Gasteiger partial charge on any atom is -0.497 e. The summed E-state index contributed by atoms with van der Waals surface area (Å²) < 4.78 is 11.8. The number of carbonyl (C=O) groups excluding carboxylic acids is 2. The number of methoxy groups -OCH3 is 1. The first-order chi connectivity index (χ1) is 15.6. The Hall–Kier alpha value is -3.71. The summed E-state index contributed by atoms with van der Waals surface area (Å²) in [6.45, 7) is 0.326. The molecule has 3 aromatic carbocycles. The standard InChI is InChI=1S/C25H20N2O4S/c1-30-18-11-12-20-22(14-18)32-25(26-20)27(15-16-7-3-2-4-8-16)23(28)21-13-17-9-5-6-10-19(17)24(29)31-21/h2-12,14,21H,13,15H2,1H3/t21-/m1/s1. The van der Waals surface area contributed by atoms with Gasteiger partial charge < -0.3 is 9.47 Å². The van der Waals surface area contributed by atoms with Gasteiger partial charge in [0, 0.05) is 6.42 Å². The van der Waals surface area contributed by atoms with Gasteiger partial charge in [0.15, 0.2) is 11.2 Å². The molecular formula is C25H20N2O4S. The zero-order valence-corrected chi connectivity index (χ0v) is 18.2. The molecule has 6 nitrogen and oxygen atoms in total. The highest BCUT2D eigenvalue weighted by Gasteiger charge is 2.35. The number of benzene rings is 3. The molecule has 0 saturated carbocycles. The lowest BCUT2D eigenvalue weighted by Gasteiger charge is -2.28. The SMILES string of the molecule is COc1ccc2nc(N(Cc3ccccc3)C(=O)[C@H]3Cc4ccccc4C(=O)O3)sc2c1. The molecule has 5 rings (SSSR count). The van der Waals surface area contributed by atoms with Crippen LogP contribution in [-0.4, -0.2) is 30.1 Å². The second kappa shape index (κ2) is 8.43. The van der Waals surface area contributed by atoms with Crippen molar-refractivity contribution in [2.45, 2.75) is 19.1 Å². The van der Waals surface area contributed by atoms with Gasteiger partial charge in [-0.2, -0.15) is 0 Å². The molecular weight excluding hydrogens is 424 g/mol. The van der Waals surface area contributed by atoms with Gasteiger partial charge in [0.05, 0.1) is 29.4 Å². The maximum absolute atomic E-state index is 13.6. The molecule has 0 aliphatic carbocycles. The molecule has 4 aromatic rings. The van der Waals surface area contributed by atoms with Gasteiger partial charge in [-0.1, -0.05) is 59.9 Å². The Labute approximate surface area is 189 Å². The van der Waals surface area contributed by atoms with Gasteiger partial charge in [-0.25, -0.2) is 9.78 Å². The summed E-state index contributed by atoms with van der Waals surface area (Å²) >= 11 is 1.41. The Morgan fingerprint density at radius 1 is 1.12 bits per heavy atom. The van der Waals surface area contributed by atoms with Crippen molar-refractivity contribution in [3.63, 3.8) is 0 Å². The van der Waals surface area contributed by atoms with Gasteiger partial charge in [0.2, 0.25) is 0 Å². The molecule has 7 heteroatoms. The van der Waals surface area contributed by atoms with Gasteiger partial charge in [-0.3, -0.25) is 9.69 Å². The number of hydrogen-bond acceptors (Lipinski definition) is 6. The second-order valence-corrected chi connectivity index (χ2v) is 8.50. The van der Waals surface area contributed by atoms with E-state index in [-0.39, 0.29) is 5.91 Å². The van der Waals surface area contributed by atoms with E-state index in [2.05, 4.69) is 0 Å². The molecule has 0 unspecified atom stereocenters. The Kier molecular flexibility index (Phi) is 5.33. The third-order valence-corrected chi connectivity index (χ3v) is 6.47. The molecule has 2 heterocycles. The van der Waals surface area contributed by atoms with Crippen LogP contribution in [0.5, 0.6) is 5.75 Å². The zero-order chi connectivity index (χ0) is 22.1. The van der Waals surface area contributed by atoms with Crippen LogP contribution >= 0.6 is 11.3 Å². The summed E-state index contributed by atoms with van der Waals surface area (Å²) in [6, 6.07) is 22.6. The lowest BCUT2D eigenvalue weighted by atomic mass is 9.98. The number of carbonyl (C=O) groups is 2. The summed E-state index contributed by atoms with van der Waals surface area (Å²) in [5, 5.41) is 0.553. The monoisotopic (exact) mass is 444 g/mol. The summed E-state index contributed by atoms with van der Waals surface area (Å²) in [6.07, 6.45) is -0.562. The molecule has 1 amide bonds. The third kappa shape index (κ3) is 3.83. The molecule has 32 heavy (non-hydrogen) atoms. The van der Waals surface area contributed by atoms with E-state index in [1.54, 1.807) is 24.1 Å². The van der Waals surface area contributed by atoms with Crippen molar-refractivity contribution >= 4 is 38.6 Å². The molecule has 0 saturated heterocycles. The van der Waals surface area contributed by atoms with Gasteiger partial charge in [-0.05, 0) is 35.4 Å². The maximum Gasteiger partial charge on any atom is 0.339 e. The Morgan fingerprint density at radius 2 is 1.91 bits per heavy atom. The lowest BCUT2D eigenvalue weighted by molar-refractivity contribution is -0.127. The fourth-order valence-corrected chi connectivity index (χ4v) is 4.78. The number of fused-ring (bicyclic) bond motifs is 2. The smallest absolute Gasteiger partial charge is 0.339 e. The van der Waals surface area contributed by atoms with Crippen LogP contribution < -0.4 is 9.64 Å². The summed E-state index contributed by atoms with van der Waals surface area (Å²) in [4.78, 5) is 32.5. The van der Waals surface area contributed by atoms with Crippen LogP contribution in [0.3, 0.4) is 0 Å². The molecule has 0 bridgehead atoms. The normalized spacial score (nSPS) is 15.2. The van der Waals surface area contributed by atoms with E-state index >= 15 is 0 Å². The number of rotatable bonds is 5. The third-order valence-electron chi connectivity index (χ3n) is 5.43. The molecule has 0 fully saturated rings. The quantitative estimate of drug-likeness (QED) is 0.420. The van der Waals surface area contributed by atoms with Crippen LogP contribution in [-0.2, 0) is 22.5 Å². The van der Waals surface area contributed by atoms with Gasteiger partial charge in [0.1, 0.15) is 5.75 Å². The average molecular weight is 445 g/mol. The van der Waals surface area contributed by atoms with Crippen molar-refractivity contribution < 1.29 is 19.1 Å². The first-order valence-corrected chi connectivity index (χ1v) is 11.0. The van der Waals surface area contributed by atoms with Crippen LogP contribution in [0.1, 0.15) is 21.5 Å². The number of amides is 1. The van der Waals surface area contributed by atoms with E-state index in [9.17, 15) is 9.59 Å². The van der Waals surface area contributed by atoms with Crippen molar-refractivity contribution in [1.82, 2.24) is 4.98 Å². The number of ether oxygens (including phenoxy) is 2. The van der Waals surface area contributed by atoms with E-state index in [4.69, 9.17) is 14.5 Å². The predicted octanol–water partition coefficient (Wildman–Crippen LogP) is 4.62. The zero-order valence-electron chi connectivity index (χ0n) is 17.4. The molecule has 160 valence electrons. The molecule has 1 atom stereocenters. The van der Waals surface area contributed by atoms with Crippen LogP contribution in [0.4, 0.5) is 5.13 Å². The number of hydrogen-bond donors (Lipinski definition) is 0. The molecule has 0 N–H and O–H groups in total. The Bertz CT molecular complexity index is 1300. The molecule has 0 radical (unpaired) electrons. The number of aromatic nitrogens is 1. The molecule has 1 aromatic heterocycles. The van der Waals surface area contributed by atoms with Crippen LogP contribution in [0.25, 0.3) is 10.2 Å². The average Bonchev–Trinajstić information content (AvgIpc) is 3.25. The van der Waals surface area contributed by atoms with Crippen molar-refractivity contribution in [1.29, 1.82) is 0 Å². The van der Waals surface area contributed by atoms with Crippen molar-refractivity contribution in [2.75, 3.05) is 12.0 Å². The fourth-order valence-electron chi connectivity index (χ4n) is 3.78. The molecule has 0 spiro atoms. The van der Waals surface area contributed by atoms with Crippen molar-refractivity contribution in [2.24, 2.45) is 0 Å². The van der Waals surface area contributed by atoms with Gasteiger partial charge in [-0.15, -0.1) is 0 Å². The highest BCUT2D eigenvalue weighted by molar-refractivity contribution is 7.22. The minimum absolute atomic E-state index is 0.289. The van der Waals surface area contributed by atoms with Crippen LogP contribution in [0, 0.1) is 0 Å². The van der Waals surface area contributed by atoms with E-state index in [0.717, 1.165) is 27.1 Å². The first-order valence-electron chi connectivity index (χ1n) is 10.2. The fraction of sp³-hybridized carbons (Fsp3) is 0.160. The number of thiazole rings is 1. The van der Waals surface area contributed by atoms with E-state index in [1.807, 2.05) is 60.7 Å². The topological polar surface area (TPSA) is 68.7 Å². The Balaban J connectivity index is 1.51. The van der Waals surface area contributed by atoms with E-state index in [1.165, 1.54) is 11.3 Å². The summed E-state index contributed by atoms with van der Waals surface area (Å²) in [7, 11) is 1.61. The van der Waals surface area contributed by atoms with Crippen LogP contribution in [0.15, 0.2) is 72.8 Å². The van der Waals surface area contributed by atoms with E-state index < -0.39 is 12.1 Å². The summed E-state index contributed by atoms with van der Waals surface area (Å²) in [5.41, 5.74) is 3.07. The lowest BCUT2D eigenvalue weighted by Crippen LogP contribution is -2.44. The van der Waals surface area contributed by atoms with Gasteiger partial charge in [0.25, 0.3) is 5.91 Å². The molecule has 1 aliphatic rings. The van der Waals surface area contributed by atoms with Crippen molar-refractivity contribution in [3.8, 4) is 5.75 Å². The second-order valence-electron chi connectivity index (χ2n) is 7.50. The number of anilines is 1. The number of esters is 1. The summed E-state index contributed by atoms with van der Waals surface area (Å²) in [5.74, 6) is -0.0342. The number of cyclic esters (lactones) is 1. The minimum atomic E-state index is -0.900.